The van der Waals surface area contributed by atoms with Crippen molar-refractivity contribution < 1.29 is 9.53 Å². The zero-order valence-electron chi connectivity index (χ0n) is 13.2. The van der Waals surface area contributed by atoms with Crippen LogP contribution in [0.2, 0.25) is 0 Å². The SMILES string of the molecule is CC[C@@]1(C(=O)Nc2cccc(COC(C)C)c2)CCCN1. The van der Waals surface area contributed by atoms with Crippen molar-refractivity contribution in [1.29, 1.82) is 0 Å². The van der Waals surface area contributed by atoms with Crippen LogP contribution in [0.4, 0.5) is 5.69 Å². The average Bonchev–Trinajstić information content (AvgIpc) is 2.96. The molecule has 0 aromatic heterocycles. The molecule has 1 aliphatic rings. The van der Waals surface area contributed by atoms with Gasteiger partial charge in [-0.15, -0.1) is 0 Å². The molecular weight excluding hydrogens is 264 g/mol. The van der Waals surface area contributed by atoms with Crippen molar-refractivity contribution in [2.45, 2.75) is 58.3 Å². The van der Waals surface area contributed by atoms with E-state index in [1.165, 1.54) is 0 Å². The molecule has 21 heavy (non-hydrogen) atoms. The van der Waals surface area contributed by atoms with Gasteiger partial charge in [-0.2, -0.15) is 0 Å². The number of benzene rings is 1. The third kappa shape index (κ3) is 4.05. The highest BCUT2D eigenvalue weighted by atomic mass is 16.5. The maximum absolute atomic E-state index is 12.5. The molecule has 1 aromatic carbocycles. The lowest BCUT2D eigenvalue weighted by molar-refractivity contribution is -0.122. The van der Waals surface area contributed by atoms with E-state index in [0.717, 1.165) is 37.1 Å². The predicted molar refractivity (Wildman–Crippen MR) is 85.3 cm³/mol. The Hall–Kier alpha value is -1.39. The van der Waals surface area contributed by atoms with Crippen molar-refractivity contribution in [3.63, 3.8) is 0 Å². The number of nitrogens with one attached hydrogen (secondary N) is 2. The first kappa shape index (κ1) is 16.0. The third-order valence-electron chi connectivity index (χ3n) is 4.05. The van der Waals surface area contributed by atoms with Crippen molar-refractivity contribution in [2.24, 2.45) is 0 Å². The fourth-order valence-electron chi connectivity index (χ4n) is 2.71. The molecule has 2 rings (SSSR count). The minimum Gasteiger partial charge on any atom is -0.374 e. The van der Waals surface area contributed by atoms with E-state index in [1.54, 1.807) is 0 Å². The van der Waals surface area contributed by atoms with Gasteiger partial charge in [0.05, 0.1) is 18.2 Å². The van der Waals surface area contributed by atoms with E-state index in [0.29, 0.717) is 6.61 Å². The molecule has 1 fully saturated rings. The Kier molecular flexibility index (Phi) is 5.37. The summed E-state index contributed by atoms with van der Waals surface area (Å²) in [5, 5.41) is 6.40. The molecule has 0 radical (unpaired) electrons. The highest BCUT2D eigenvalue weighted by Gasteiger charge is 2.38. The van der Waals surface area contributed by atoms with Crippen LogP contribution in [0.1, 0.15) is 45.6 Å². The fraction of sp³-hybridized carbons (Fsp3) is 0.588. The lowest BCUT2D eigenvalue weighted by atomic mass is 9.93. The van der Waals surface area contributed by atoms with Crippen LogP contribution < -0.4 is 10.6 Å². The predicted octanol–water partition coefficient (Wildman–Crippen LogP) is 3.08. The number of ether oxygens (including phenoxy) is 1. The second kappa shape index (κ2) is 7.05. The molecule has 4 heteroatoms. The highest BCUT2D eigenvalue weighted by molar-refractivity contribution is 5.98. The summed E-state index contributed by atoms with van der Waals surface area (Å²) in [6, 6.07) is 7.88. The summed E-state index contributed by atoms with van der Waals surface area (Å²) < 4.78 is 5.60. The van der Waals surface area contributed by atoms with Gasteiger partial charge in [-0.1, -0.05) is 19.1 Å². The van der Waals surface area contributed by atoms with E-state index in [9.17, 15) is 4.79 Å². The molecule has 1 aliphatic heterocycles. The summed E-state index contributed by atoms with van der Waals surface area (Å²) in [7, 11) is 0. The number of carbonyl (C=O) groups is 1. The Bertz CT molecular complexity index is 479. The molecule has 1 saturated heterocycles. The summed E-state index contributed by atoms with van der Waals surface area (Å²) >= 11 is 0. The summed E-state index contributed by atoms with van der Waals surface area (Å²) in [5.41, 5.74) is 1.52. The number of hydrogen-bond acceptors (Lipinski definition) is 3. The quantitative estimate of drug-likeness (QED) is 0.846. The molecule has 0 unspecified atom stereocenters. The third-order valence-corrected chi connectivity index (χ3v) is 4.05. The van der Waals surface area contributed by atoms with E-state index in [-0.39, 0.29) is 12.0 Å². The van der Waals surface area contributed by atoms with Crippen molar-refractivity contribution in [1.82, 2.24) is 5.32 Å². The van der Waals surface area contributed by atoms with E-state index in [1.807, 2.05) is 38.1 Å². The first-order chi connectivity index (χ1) is 10.1. The summed E-state index contributed by atoms with van der Waals surface area (Å²) in [5.74, 6) is 0.0735. The van der Waals surface area contributed by atoms with Gasteiger partial charge in [0.1, 0.15) is 0 Å². The van der Waals surface area contributed by atoms with Crippen LogP contribution in [-0.4, -0.2) is 24.1 Å². The van der Waals surface area contributed by atoms with Crippen molar-refractivity contribution in [3.8, 4) is 0 Å². The summed E-state index contributed by atoms with van der Waals surface area (Å²) in [6.07, 6.45) is 2.98. The van der Waals surface area contributed by atoms with Crippen LogP contribution in [0, 0.1) is 0 Å². The van der Waals surface area contributed by atoms with Gasteiger partial charge in [0.2, 0.25) is 5.91 Å². The number of amides is 1. The Morgan fingerprint density at radius 1 is 1.48 bits per heavy atom. The minimum absolute atomic E-state index is 0.0735. The van der Waals surface area contributed by atoms with Gasteiger partial charge in [-0.3, -0.25) is 4.79 Å². The van der Waals surface area contributed by atoms with E-state index in [2.05, 4.69) is 17.6 Å². The van der Waals surface area contributed by atoms with E-state index < -0.39 is 5.54 Å². The maximum atomic E-state index is 12.5. The summed E-state index contributed by atoms with van der Waals surface area (Å²) in [4.78, 5) is 12.5. The number of anilines is 1. The van der Waals surface area contributed by atoms with Crippen LogP contribution in [0.25, 0.3) is 0 Å². The Balaban J connectivity index is 2.02. The van der Waals surface area contributed by atoms with E-state index >= 15 is 0 Å². The van der Waals surface area contributed by atoms with Gasteiger partial charge >= 0.3 is 0 Å². The van der Waals surface area contributed by atoms with Gasteiger partial charge in [0, 0.05) is 5.69 Å². The zero-order chi connectivity index (χ0) is 15.3. The topological polar surface area (TPSA) is 50.4 Å². The van der Waals surface area contributed by atoms with Gasteiger partial charge in [-0.05, 0) is 57.4 Å². The largest absolute Gasteiger partial charge is 0.374 e. The molecule has 2 N–H and O–H groups in total. The van der Waals surface area contributed by atoms with Crippen LogP contribution in [-0.2, 0) is 16.1 Å². The lowest BCUT2D eigenvalue weighted by Gasteiger charge is -2.26. The molecule has 0 saturated carbocycles. The second-order valence-corrected chi connectivity index (χ2v) is 5.98. The van der Waals surface area contributed by atoms with Gasteiger partial charge < -0.3 is 15.4 Å². The Labute approximate surface area is 127 Å². The molecule has 1 amide bonds. The van der Waals surface area contributed by atoms with Gasteiger partial charge in [-0.25, -0.2) is 0 Å². The normalized spacial score (nSPS) is 21.7. The number of rotatable bonds is 6. The molecule has 1 atom stereocenters. The monoisotopic (exact) mass is 290 g/mol. The van der Waals surface area contributed by atoms with Gasteiger partial charge in [0.25, 0.3) is 0 Å². The first-order valence-corrected chi connectivity index (χ1v) is 7.83. The van der Waals surface area contributed by atoms with E-state index in [4.69, 9.17) is 4.74 Å². The summed E-state index contributed by atoms with van der Waals surface area (Å²) in [6.45, 7) is 7.58. The molecule has 0 spiro atoms. The van der Waals surface area contributed by atoms with Crippen molar-refractivity contribution >= 4 is 11.6 Å². The van der Waals surface area contributed by atoms with Crippen LogP contribution in [0.3, 0.4) is 0 Å². The molecule has 1 heterocycles. The molecule has 0 aliphatic carbocycles. The van der Waals surface area contributed by atoms with Gasteiger partial charge in [0.15, 0.2) is 0 Å². The smallest absolute Gasteiger partial charge is 0.244 e. The average molecular weight is 290 g/mol. The van der Waals surface area contributed by atoms with Crippen LogP contribution in [0.5, 0.6) is 0 Å². The molecular formula is C17H26N2O2. The first-order valence-electron chi connectivity index (χ1n) is 7.83. The standard InChI is InChI=1S/C17H26N2O2/c1-4-17(9-6-10-18-17)16(20)19-15-8-5-7-14(11-15)12-21-13(2)3/h5,7-8,11,13,18H,4,6,9-10,12H2,1-3H3,(H,19,20)/t17-/m0/s1. The maximum Gasteiger partial charge on any atom is 0.244 e. The number of hydrogen-bond donors (Lipinski definition) is 2. The second-order valence-electron chi connectivity index (χ2n) is 5.98. The Morgan fingerprint density at radius 2 is 2.29 bits per heavy atom. The molecule has 0 bridgehead atoms. The zero-order valence-corrected chi connectivity index (χ0v) is 13.2. The Morgan fingerprint density at radius 3 is 2.90 bits per heavy atom. The van der Waals surface area contributed by atoms with Crippen molar-refractivity contribution in [2.75, 3.05) is 11.9 Å². The molecule has 1 aromatic rings. The lowest BCUT2D eigenvalue weighted by Crippen LogP contribution is -2.50. The molecule has 4 nitrogen and oxygen atoms in total. The fourth-order valence-corrected chi connectivity index (χ4v) is 2.71. The number of carbonyl (C=O) groups excluding carboxylic acids is 1. The molecule has 116 valence electrons. The van der Waals surface area contributed by atoms with Crippen LogP contribution in [0.15, 0.2) is 24.3 Å². The minimum atomic E-state index is -0.398. The van der Waals surface area contributed by atoms with Crippen molar-refractivity contribution in [3.05, 3.63) is 29.8 Å². The van der Waals surface area contributed by atoms with Crippen LogP contribution >= 0.6 is 0 Å². The highest BCUT2D eigenvalue weighted by Crippen LogP contribution is 2.25.